The summed E-state index contributed by atoms with van der Waals surface area (Å²) in [6.07, 6.45) is 5.63. The largest absolute Gasteiger partial charge is 0.485 e. The highest BCUT2D eigenvalue weighted by molar-refractivity contribution is 5.93. The molecule has 0 radical (unpaired) electrons. The Hall–Kier alpha value is -4.64. The highest BCUT2D eigenvalue weighted by Crippen LogP contribution is 2.34. The maximum absolute atomic E-state index is 11.8. The predicted molar refractivity (Wildman–Crippen MR) is 140 cm³/mol. The fraction of sp³-hybridized carbons (Fsp3) is 0.231. The van der Waals surface area contributed by atoms with Crippen molar-refractivity contribution in [3.63, 3.8) is 0 Å². The van der Waals surface area contributed by atoms with Crippen molar-refractivity contribution in [1.29, 1.82) is 0 Å². The topological polar surface area (TPSA) is 124 Å². The quantitative estimate of drug-likeness (QED) is 0.236. The van der Waals surface area contributed by atoms with Crippen LogP contribution in [0.1, 0.15) is 16.7 Å². The summed E-state index contributed by atoms with van der Waals surface area (Å²) in [5.41, 5.74) is 5.49. The minimum atomic E-state index is -0.447. The molecule has 0 atom stereocenters. The van der Waals surface area contributed by atoms with Crippen molar-refractivity contribution in [2.24, 2.45) is 0 Å². The summed E-state index contributed by atoms with van der Waals surface area (Å²) >= 11 is 0. The summed E-state index contributed by atoms with van der Waals surface area (Å²) < 4.78 is 7.43. The second-order valence-electron chi connectivity index (χ2n) is 9.01. The van der Waals surface area contributed by atoms with Gasteiger partial charge in [0.2, 0.25) is 0 Å². The lowest BCUT2D eigenvalue weighted by molar-refractivity contribution is -0.385. The van der Waals surface area contributed by atoms with E-state index in [0.29, 0.717) is 29.9 Å². The van der Waals surface area contributed by atoms with Crippen LogP contribution in [-0.2, 0) is 6.42 Å². The number of aromatic nitrogens is 5. The fourth-order valence-electron chi connectivity index (χ4n) is 4.06. The molecule has 5 rings (SSSR count). The molecule has 37 heavy (non-hydrogen) atoms. The van der Waals surface area contributed by atoms with Gasteiger partial charge in [0, 0.05) is 30.6 Å². The van der Waals surface area contributed by atoms with Crippen LogP contribution in [0.3, 0.4) is 0 Å². The molecule has 2 aromatic carbocycles. The standard InChI is InChI=1S/C26H26N8O3/c1-17-10-20(5-4-19(17)11-18-6-7-33-25(12-18)28-16-30-33)31-26-21-13-23(34(35)36)24(37-9-8-32(2)3)14-22(21)27-15-29-26/h4-7,10,12-16H,8-9,11H2,1-3H3,(H,27,29,31). The van der Waals surface area contributed by atoms with Crippen molar-refractivity contribution in [2.75, 3.05) is 32.6 Å². The summed E-state index contributed by atoms with van der Waals surface area (Å²) in [7, 11) is 3.82. The monoisotopic (exact) mass is 498 g/mol. The van der Waals surface area contributed by atoms with Gasteiger partial charge in [-0.2, -0.15) is 5.10 Å². The Morgan fingerprint density at radius 2 is 1.95 bits per heavy atom. The molecule has 0 bridgehead atoms. The van der Waals surface area contributed by atoms with E-state index in [4.69, 9.17) is 4.74 Å². The Morgan fingerprint density at radius 1 is 1.08 bits per heavy atom. The molecule has 3 aromatic heterocycles. The molecule has 0 amide bonds. The summed E-state index contributed by atoms with van der Waals surface area (Å²) in [6, 6.07) is 13.2. The van der Waals surface area contributed by atoms with Crippen LogP contribution >= 0.6 is 0 Å². The second-order valence-corrected chi connectivity index (χ2v) is 9.01. The van der Waals surface area contributed by atoms with E-state index in [1.165, 1.54) is 24.3 Å². The lowest BCUT2D eigenvalue weighted by atomic mass is 10.0. The van der Waals surface area contributed by atoms with E-state index in [9.17, 15) is 10.1 Å². The van der Waals surface area contributed by atoms with Crippen LogP contribution < -0.4 is 10.1 Å². The molecule has 0 aliphatic carbocycles. The van der Waals surface area contributed by atoms with Crippen LogP contribution in [0, 0.1) is 17.0 Å². The van der Waals surface area contributed by atoms with Gasteiger partial charge in [-0.25, -0.2) is 19.5 Å². The van der Waals surface area contributed by atoms with Crippen molar-refractivity contribution in [3.05, 3.63) is 88.1 Å². The average molecular weight is 499 g/mol. The average Bonchev–Trinajstić information content (AvgIpc) is 3.33. The van der Waals surface area contributed by atoms with Crippen LogP contribution in [0.2, 0.25) is 0 Å². The molecule has 188 valence electrons. The van der Waals surface area contributed by atoms with Gasteiger partial charge in [-0.15, -0.1) is 0 Å². The van der Waals surface area contributed by atoms with Gasteiger partial charge in [-0.1, -0.05) is 6.07 Å². The Kier molecular flexibility index (Phi) is 6.60. The van der Waals surface area contributed by atoms with Gasteiger partial charge in [0.05, 0.1) is 15.8 Å². The number of rotatable bonds is 9. The Balaban J connectivity index is 1.39. The van der Waals surface area contributed by atoms with Gasteiger partial charge in [0.1, 0.15) is 25.1 Å². The number of hydrogen-bond acceptors (Lipinski definition) is 9. The van der Waals surface area contributed by atoms with Gasteiger partial charge in [0.15, 0.2) is 11.4 Å². The SMILES string of the molecule is Cc1cc(Nc2ncnc3cc(OCCN(C)C)c([N+](=O)[O-])cc23)ccc1Cc1ccn2ncnc2c1. The van der Waals surface area contributed by atoms with E-state index < -0.39 is 4.92 Å². The van der Waals surface area contributed by atoms with E-state index in [2.05, 4.69) is 38.4 Å². The zero-order valence-corrected chi connectivity index (χ0v) is 20.8. The molecule has 0 aliphatic heterocycles. The summed E-state index contributed by atoms with van der Waals surface area (Å²) in [5, 5.41) is 19.7. The zero-order chi connectivity index (χ0) is 25.9. The van der Waals surface area contributed by atoms with Crippen LogP contribution in [-0.4, -0.2) is 61.6 Å². The van der Waals surface area contributed by atoms with E-state index in [0.717, 1.165) is 28.9 Å². The van der Waals surface area contributed by atoms with Crippen molar-refractivity contribution in [1.82, 2.24) is 29.5 Å². The lowest BCUT2D eigenvalue weighted by Gasteiger charge is -2.14. The normalized spacial score (nSPS) is 11.4. The van der Waals surface area contributed by atoms with Crippen molar-refractivity contribution < 1.29 is 9.66 Å². The molecular formula is C26H26N8O3. The molecule has 0 spiro atoms. The molecule has 3 heterocycles. The zero-order valence-electron chi connectivity index (χ0n) is 20.8. The predicted octanol–water partition coefficient (Wildman–Crippen LogP) is 4.16. The molecule has 0 saturated heterocycles. The number of anilines is 2. The summed E-state index contributed by atoms with van der Waals surface area (Å²) in [6.45, 7) is 3.01. The van der Waals surface area contributed by atoms with Gasteiger partial charge in [0.25, 0.3) is 0 Å². The minimum Gasteiger partial charge on any atom is -0.485 e. The van der Waals surface area contributed by atoms with Crippen molar-refractivity contribution in [3.8, 4) is 5.75 Å². The number of nitrogens with one attached hydrogen (secondary N) is 1. The first-order chi connectivity index (χ1) is 17.9. The van der Waals surface area contributed by atoms with E-state index in [1.54, 1.807) is 10.6 Å². The number of hydrogen-bond donors (Lipinski definition) is 1. The third-order valence-electron chi connectivity index (χ3n) is 6.05. The Bertz CT molecular complexity index is 1600. The highest BCUT2D eigenvalue weighted by atomic mass is 16.6. The van der Waals surface area contributed by atoms with Gasteiger partial charge in [-0.3, -0.25) is 10.1 Å². The van der Waals surface area contributed by atoms with Crippen LogP contribution in [0.25, 0.3) is 16.6 Å². The molecule has 0 aliphatic rings. The second kappa shape index (κ2) is 10.2. The smallest absolute Gasteiger partial charge is 0.311 e. The van der Waals surface area contributed by atoms with Crippen molar-refractivity contribution >= 4 is 33.7 Å². The third-order valence-corrected chi connectivity index (χ3v) is 6.05. The van der Waals surface area contributed by atoms with Crippen LogP contribution in [0.15, 0.2) is 61.3 Å². The first kappa shape index (κ1) is 24.1. The Labute approximate surface area is 212 Å². The third kappa shape index (κ3) is 5.31. The number of nitro benzene ring substituents is 1. The van der Waals surface area contributed by atoms with Crippen molar-refractivity contribution in [2.45, 2.75) is 13.3 Å². The summed E-state index contributed by atoms with van der Waals surface area (Å²) in [4.78, 5) is 26.2. The van der Waals surface area contributed by atoms with Crippen LogP contribution in [0.4, 0.5) is 17.2 Å². The maximum atomic E-state index is 11.8. The number of nitrogens with zero attached hydrogens (tertiary/aromatic N) is 7. The van der Waals surface area contributed by atoms with Gasteiger partial charge >= 0.3 is 5.69 Å². The van der Waals surface area contributed by atoms with E-state index in [-0.39, 0.29) is 11.4 Å². The molecule has 0 saturated carbocycles. The number of likely N-dealkylation sites (N-methyl/N-ethyl adjacent to an activating group) is 1. The number of aryl methyl sites for hydroxylation is 1. The Morgan fingerprint density at radius 3 is 2.73 bits per heavy atom. The van der Waals surface area contributed by atoms with E-state index in [1.807, 2.05) is 49.5 Å². The first-order valence-electron chi connectivity index (χ1n) is 11.7. The molecule has 1 N–H and O–H groups in total. The molecule has 0 unspecified atom stereocenters. The molecule has 0 fully saturated rings. The number of fused-ring (bicyclic) bond motifs is 2. The van der Waals surface area contributed by atoms with Gasteiger partial charge in [-0.05, 0) is 68.4 Å². The maximum Gasteiger partial charge on any atom is 0.311 e. The van der Waals surface area contributed by atoms with Crippen LogP contribution in [0.5, 0.6) is 5.75 Å². The van der Waals surface area contributed by atoms with Gasteiger partial charge < -0.3 is 15.0 Å². The molecule has 11 heteroatoms. The van der Waals surface area contributed by atoms with E-state index >= 15 is 0 Å². The number of ether oxygens (including phenoxy) is 1. The lowest BCUT2D eigenvalue weighted by Crippen LogP contribution is -2.19. The number of nitro groups is 1. The minimum absolute atomic E-state index is 0.125. The molecule has 11 nitrogen and oxygen atoms in total. The number of pyridine rings is 1. The molecular weight excluding hydrogens is 472 g/mol. The summed E-state index contributed by atoms with van der Waals surface area (Å²) in [5.74, 6) is 0.672. The number of benzene rings is 2. The first-order valence-corrected chi connectivity index (χ1v) is 11.7. The fourth-order valence-corrected chi connectivity index (χ4v) is 4.06. The molecule has 5 aromatic rings. The highest BCUT2D eigenvalue weighted by Gasteiger charge is 2.19.